The van der Waals surface area contributed by atoms with E-state index < -0.39 is 5.97 Å². The molecular weight excluding hydrogens is 272 g/mol. The Morgan fingerprint density at radius 3 is 2.67 bits per heavy atom. The molecule has 3 rings (SSSR count). The monoisotopic (exact) mass is 288 g/mol. The van der Waals surface area contributed by atoms with Gasteiger partial charge in [0.05, 0.1) is 12.8 Å². The number of nitrogens with zero attached hydrogens (tertiary/aromatic N) is 2. The van der Waals surface area contributed by atoms with Crippen molar-refractivity contribution in [3.8, 4) is 0 Å². The molecule has 0 atom stereocenters. The topological polar surface area (TPSA) is 97.0 Å². The van der Waals surface area contributed by atoms with Crippen LogP contribution < -0.4 is 5.32 Å². The Balaban J connectivity index is 2.17. The van der Waals surface area contributed by atoms with Crippen molar-refractivity contribution in [2.75, 3.05) is 12.4 Å². The van der Waals surface area contributed by atoms with Crippen molar-refractivity contribution in [2.24, 2.45) is 0 Å². The van der Waals surface area contributed by atoms with Gasteiger partial charge in [0.2, 0.25) is 11.7 Å². The number of methoxy groups -OCH3 is 1. The standard InChI is InChI=1S/C14H16N4O3/c1-7(19)15-9-6-8-10(14(2)4-5-14)17-12(13(20)21-3)18-11(8)16-9/h6H,4-5H2,1-3H3,(H,15,19)(H,16,17,18). The molecule has 1 fully saturated rings. The van der Waals surface area contributed by atoms with Gasteiger partial charge >= 0.3 is 5.97 Å². The lowest BCUT2D eigenvalue weighted by Gasteiger charge is -2.10. The van der Waals surface area contributed by atoms with Crippen LogP contribution in [0.2, 0.25) is 0 Å². The first-order valence-corrected chi connectivity index (χ1v) is 6.70. The lowest BCUT2D eigenvalue weighted by molar-refractivity contribution is -0.114. The van der Waals surface area contributed by atoms with Crippen molar-refractivity contribution in [1.82, 2.24) is 15.0 Å². The predicted molar refractivity (Wildman–Crippen MR) is 76.1 cm³/mol. The Labute approximate surface area is 121 Å². The number of hydrogen-bond donors (Lipinski definition) is 2. The number of aromatic nitrogens is 3. The van der Waals surface area contributed by atoms with Gasteiger partial charge in [0.1, 0.15) is 11.5 Å². The van der Waals surface area contributed by atoms with E-state index in [-0.39, 0.29) is 17.1 Å². The van der Waals surface area contributed by atoms with E-state index in [0.717, 1.165) is 23.9 Å². The number of carbonyl (C=O) groups excluding carboxylic acids is 2. The van der Waals surface area contributed by atoms with Crippen LogP contribution in [-0.4, -0.2) is 33.9 Å². The molecule has 2 N–H and O–H groups in total. The predicted octanol–water partition coefficient (Wildman–Crippen LogP) is 1.75. The second kappa shape index (κ2) is 4.54. The van der Waals surface area contributed by atoms with Crippen LogP contribution in [0, 0.1) is 0 Å². The minimum absolute atomic E-state index is 0.0318. The molecule has 1 saturated carbocycles. The highest BCUT2D eigenvalue weighted by molar-refractivity contribution is 5.94. The number of fused-ring (bicyclic) bond motifs is 1. The molecule has 0 unspecified atom stereocenters. The average Bonchev–Trinajstić information content (AvgIpc) is 3.05. The second-order valence-corrected chi connectivity index (χ2v) is 5.57. The molecule has 0 bridgehead atoms. The van der Waals surface area contributed by atoms with Crippen LogP contribution in [0.5, 0.6) is 0 Å². The van der Waals surface area contributed by atoms with Crippen LogP contribution in [0.4, 0.5) is 5.82 Å². The fourth-order valence-corrected chi connectivity index (χ4v) is 2.33. The average molecular weight is 288 g/mol. The SMILES string of the molecule is COC(=O)c1nc(C2(C)CC2)c2cc(NC(C)=O)[nH]c2n1. The van der Waals surface area contributed by atoms with E-state index in [4.69, 9.17) is 4.74 Å². The number of rotatable bonds is 3. The minimum atomic E-state index is -0.571. The summed E-state index contributed by atoms with van der Waals surface area (Å²) in [5, 5.41) is 3.50. The maximum Gasteiger partial charge on any atom is 0.376 e. The normalized spacial score (nSPS) is 15.8. The van der Waals surface area contributed by atoms with E-state index in [1.165, 1.54) is 14.0 Å². The Morgan fingerprint density at radius 1 is 1.38 bits per heavy atom. The van der Waals surface area contributed by atoms with Crippen LogP contribution in [-0.2, 0) is 14.9 Å². The van der Waals surface area contributed by atoms with Crippen molar-refractivity contribution in [3.63, 3.8) is 0 Å². The smallest absolute Gasteiger partial charge is 0.376 e. The van der Waals surface area contributed by atoms with Gasteiger partial charge in [-0.05, 0) is 18.9 Å². The number of aromatic amines is 1. The van der Waals surface area contributed by atoms with Crippen LogP contribution >= 0.6 is 0 Å². The zero-order valence-electron chi connectivity index (χ0n) is 12.1. The summed E-state index contributed by atoms with van der Waals surface area (Å²) in [7, 11) is 1.30. The number of hydrogen-bond acceptors (Lipinski definition) is 5. The number of ether oxygens (including phenoxy) is 1. The van der Waals surface area contributed by atoms with Crippen LogP contribution in [0.1, 0.15) is 43.0 Å². The summed E-state index contributed by atoms with van der Waals surface area (Å²) in [5.74, 6) is -0.177. The first kappa shape index (κ1) is 13.5. The highest BCUT2D eigenvalue weighted by atomic mass is 16.5. The number of nitrogens with one attached hydrogen (secondary N) is 2. The van der Waals surface area contributed by atoms with Gasteiger partial charge in [-0.3, -0.25) is 4.79 Å². The third-order valence-corrected chi connectivity index (χ3v) is 3.74. The summed E-state index contributed by atoms with van der Waals surface area (Å²) in [6.07, 6.45) is 2.03. The molecule has 1 aliphatic rings. The van der Waals surface area contributed by atoms with Gasteiger partial charge in [-0.1, -0.05) is 6.92 Å². The number of esters is 1. The molecule has 7 heteroatoms. The van der Waals surface area contributed by atoms with E-state index >= 15 is 0 Å². The molecular formula is C14H16N4O3. The van der Waals surface area contributed by atoms with Gasteiger partial charge in [-0.25, -0.2) is 14.8 Å². The summed E-state index contributed by atoms with van der Waals surface area (Å²) in [6.45, 7) is 3.53. The lowest BCUT2D eigenvalue weighted by atomic mass is 10.0. The van der Waals surface area contributed by atoms with Gasteiger partial charge in [0, 0.05) is 17.7 Å². The minimum Gasteiger partial charge on any atom is -0.463 e. The Kier molecular flexibility index (Phi) is 2.93. The summed E-state index contributed by atoms with van der Waals surface area (Å²) >= 11 is 0. The van der Waals surface area contributed by atoms with Crippen LogP contribution in [0.3, 0.4) is 0 Å². The molecule has 1 amide bonds. The molecule has 21 heavy (non-hydrogen) atoms. The van der Waals surface area contributed by atoms with Crippen molar-refractivity contribution < 1.29 is 14.3 Å². The van der Waals surface area contributed by atoms with Gasteiger partial charge in [-0.2, -0.15) is 0 Å². The van der Waals surface area contributed by atoms with Crippen molar-refractivity contribution in [3.05, 3.63) is 17.6 Å². The second-order valence-electron chi connectivity index (χ2n) is 5.57. The van der Waals surface area contributed by atoms with Gasteiger partial charge < -0.3 is 15.0 Å². The molecule has 2 aromatic rings. The van der Waals surface area contributed by atoms with Crippen LogP contribution in [0.15, 0.2) is 6.07 Å². The van der Waals surface area contributed by atoms with Crippen LogP contribution in [0.25, 0.3) is 11.0 Å². The molecule has 0 aromatic carbocycles. The Morgan fingerprint density at radius 2 is 2.10 bits per heavy atom. The van der Waals surface area contributed by atoms with Gasteiger partial charge in [0.15, 0.2) is 0 Å². The molecule has 0 aliphatic heterocycles. The fraction of sp³-hybridized carbons (Fsp3) is 0.429. The number of anilines is 1. The molecule has 0 spiro atoms. The maximum atomic E-state index is 11.7. The Hall–Kier alpha value is -2.44. The number of amides is 1. The summed E-state index contributed by atoms with van der Waals surface area (Å²) in [6, 6.07) is 1.80. The van der Waals surface area contributed by atoms with E-state index in [2.05, 4.69) is 27.2 Å². The van der Waals surface area contributed by atoms with Crippen molar-refractivity contribution in [2.45, 2.75) is 32.1 Å². The molecule has 0 saturated heterocycles. The first-order valence-electron chi connectivity index (χ1n) is 6.70. The fourth-order valence-electron chi connectivity index (χ4n) is 2.33. The maximum absolute atomic E-state index is 11.7. The summed E-state index contributed by atoms with van der Waals surface area (Å²) < 4.78 is 4.70. The molecule has 1 aliphatic carbocycles. The van der Waals surface area contributed by atoms with Crippen molar-refractivity contribution >= 4 is 28.7 Å². The van der Waals surface area contributed by atoms with E-state index in [1.54, 1.807) is 6.07 Å². The van der Waals surface area contributed by atoms with E-state index in [9.17, 15) is 9.59 Å². The quantitative estimate of drug-likeness (QED) is 0.839. The zero-order chi connectivity index (χ0) is 15.2. The number of carbonyl (C=O) groups is 2. The molecule has 7 nitrogen and oxygen atoms in total. The highest BCUT2D eigenvalue weighted by Crippen LogP contribution is 2.49. The van der Waals surface area contributed by atoms with Gasteiger partial charge in [0.25, 0.3) is 0 Å². The first-order chi connectivity index (χ1) is 9.93. The lowest BCUT2D eigenvalue weighted by Crippen LogP contribution is -2.13. The third kappa shape index (κ3) is 2.35. The largest absolute Gasteiger partial charge is 0.463 e. The number of H-pyrrole nitrogens is 1. The third-order valence-electron chi connectivity index (χ3n) is 3.74. The van der Waals surface area contributed by atoms with E-state index in [0.29, 0.717) is 11.5 Å². The van der Waals surface area contributed by atoms with E-state index in [1.807, 2.05) is 0 Å². The molecule has 0 radical (unpaired) electrons. The molecule has 2 aromatic heterocycles. The van der Waals surface area contributed by atoms with Gasteiger partial charge in [-0.15, -0.1) is 0 Å². The Bertz CT molecular complexity index is 746. The zero-order valence-corrected chi connectivity index (χ0v) is 12.1. The summed E-state index contributed by atoms with van der Waals surface area (Å²) in [4.78, 5) is 34.4. The summed E-state index contributed by atoms with van der Waals surface area (Å²) in [5.41, 5.74) is 1.30. The molecule has 110 valence electrons. The van der Waals surface area contributed by atoms with Crippen molar-refractivity contribution in [1.29, 1.82) is 0 Å². The molecule has 2 heterocycles. The highest BCUT2D eigenvalue weighted by Gasteiger charge is 2.42.